The molecule has 0 saturated heterocycles. The lowest BCUT2D eigenvalue weighted by molar-refractivity contribution is -0.146. The van der Waals surface area contributed by atoms with Crippen LogP contribution in [0.15, 0.2) is 29.2 Å². The molecule has 1 amide bonds. The zero-order valence-electron chi connectivity index (χ0n) is 15.1. The van der Waals surface area contributed by atoms with Crippen molar-refractivity contribution in [1.82, 2.24) is 4.72 Å². The van der Waals surface area contributed by atoms with E-state index in [0.29, 0.717) is 0 Å². The number of aryl methyl sites for hydroxylation is 1. The lowest BCUT2D eigenvalue weighted by Gasteiger charge is -2.10. The summed E-state index contributed by atoms with van der Waals surface area (Å²) in [5.41, 5.74) is -0.819. The SMILES string of the molecule is Cc1ccc(S(=O)(=O)NCC(=O)OCC(=O)Nc2c(F)c(F)c(F)c(F)c2F)cc1. The van der Waals surface area contributed by atoms with Gasteiger partial charge in [-0.1, -0.05) is 17.7 Å². The molecule has 7 nitrogen and oxygen atoms in total. The maximum atomic E-state index is 13.5. The number of hydrogen-bond acceptors (Lipinski definition) is 5. The smallest absolute Gasteiger partial charge is 0.321 e. The van der Waals surface area contributed by atoms with E-state index in [0.717, 1.165) is 5.56 Å². The summed E-state index contributed by atoms with van der Waals surface area (Å²) in [6.07, 6.45) is 0. The average molecular weight is 452 g/mol. The Kier molecular flexibility index (Phi) is 7.10. The summed E-state index contributed by atoms with van der Waals surface area (Å²) in [5, 5.41) is 1.39. The van der Waals surface area contributed by atoms with Crippen molar-refractivity contribution in [2.75, 3.05) is 18.5 Å². The molecule has 0 unspecified atom stereocenters. The Balaban J connectivity index is 1.93. The molecule has 2 aromatic rings. The fraction of sp³-hybridized carbons (Fsp3) is 0.176. The fourth-order valence-corrected chi connectivity index (χ4v) is 3.01. The van der Waals surface area contributed by atoms with Crippen LogP contribution in [0.4, 0.5) is 27.6 Å². The zero-order valence-corrected chi connectivity index (χ0v) is 15.9. The summed E-state index contributed by atoms with van der Waals surface area (Å²) in [7, 11) is -4.05. The van der Waals surface area contributed by atoms with Crippen LogP contribution in [0.1, 0.15) is 5.56 Å². The van der Waals surface area contributed by atoms with E-state index in [2.05, 4.69) is 4.74 Å². The largest absolute Gasteiger partial charge is 0.455 e. The standard InChI is InChI=1S/C17H13F5N2O5S/c1-8-2-4-9(5-3-8)30(27,28)23-6-11(26)29-7-10(25)24-17-15(21)13(19)12(18)14(20)16(17)22/h2-5,23H,6-7H2,1H3,(H,24,25). The first-order valence-electron chi connectivity index (χ1n) is 7.97. The summed E-state index contributed by atoms with van der Waals surface area (Å²) < 4.78 is 96.4. The van der Waals surface area contributed by atoms with Gasteiger partial charge < -0.3 is 10.1 Å². The molecule has 13 heteroatoms. The van der Waals surface area contributed by atoms with Crippen LogP contribution < -0.4 is 10.0 Å². The van der Waals surface area contributed by atoms with Crippen LogP contribution in [0.2, 0.25) is 0 Å². The van der Waals surface area contributed by atoms with Gasteiger partial charge in [0.25, 0.3) is 5.91 Å². The third-order valence-corrected chi connectivity index (χ3v) is 4.99. The first-order chi connectivity index (χ1) is 13.9. The van der Waals surface area contributed by atoms with Crippen molar-refractivity contribution in [3.8, 4) is 0 Å². The molecule has 0 heterocycles. The second-order valence-electron chi connectivity index (χ2n) is 5.79. The van der Waals surface area contributed by atoms with Crippen LogP contribution in [0.3, 0.4) is 0 Å². The molecule has 0 spiro atoms. The van der Waals surface area contributed by atoms with Gasteiger partial charge in [-0.2, -0.15) is 4.72 Å². The molecule has 0 fully saturated rings. The molecule has 0 atom stereocenters. The predicted molar refractivity (Wildman–Crippen MR) is 92.2 cm³/mol. The number of carbonyl (C=O) groups is 2. The van der Waals surface area contributed by atoms with Crippen molar-refractivity contribution in [2.45, 2.75) is 11.8 Å². The molecule has 2 N–H and O–H groups in total. The lowest BCUT2D eigenvalue weighted by Crippen LogP contribution is -2.32. The van der Waals surface area contributed by atoms with E-state index in [1.807, 2.05) is 4.72 Å². The van der Waals surface area contributed by atoms with Crippen molar-refractivity contribution in [1.29, 1.82) is 0 Å². The maximum absolute atomic E-state index is 13.5. The van der Waals surface area contributed by atoms with Crippen LogP contribution in [0.25, 0.3) is 0 Å². The number of hydrogen-bond donors (Lipinski definition) is 2. The summed E-state index contributed by atoms with van der Waals surface area (Å²) in [5.74, 6) is -14.2. The fourth-order valence-electron chi connectivity index (χ4n) is 2.04. The summed E-state index contributed by atoms with van der Waals surface area (Å²) >= 11 is 0. The minimum absolute atomic E-state index is 0.134. The Morgan fingerprint density at radius 1 is 0.900 bits per heavy atom. The van der Waals surface area contributed by atoms with E-state index in [9.17, 15) is 40.0 Å². The molecule has 162 valence electrons. The first kappa shape index (κ1) is 23.2. The number of esters is 1. The second-order valence-corrected chi connectivity index (χ2v) is 7.56. The highest BCUT2D eigenvalue weighted by Gasteiger charge is 2.27. The number of sulfonamides is 1. The first-order valence-corrected chi connectivity index (χ1v) is 9.45. The Morgan fingerprint density at radius 2 is 1.40 bits per heavy atom. The van der Waals surface area contributed by atoms with Crippen molar-refractivity contribution in [3.05, 3.63) is 58.9 Å². The zero-order chi connectivity index (χ0) is 22.6. The number of rotatable bonds is 7. The monoisotopic (exact) mass is 452 g/mol. The highest BCUT2D eigenvalue weighted by atomic mass is 32.2. The summed E-state index contributed by atoms with van der Waals surface area (Å²) in [6, 6.07) is 5.63. The summed E-state index contributed by atoms with van der Waals surface area (Å²) in [6.45, 7) is -0.324. The van der Waals surface area contributed by atoms with Crippen LogP contribution >= 0.6 is 0 Å². The van der Waals surface area contributed by atoms with Gasteiger partial charge in [0.1, 0.15) is 12.2 Å². The lowest BCUT2D eigenvalue weighted by atomic mass is 10.2. The molecule has 0 aliphatic heterocycles. The minimum atomic E-state index is -4.05. The van der Waals surface area contributed by atoms with E-state index >= 15 is 0 Å². The topological polar surface area (TPSA) is 102 Å². The predicted octanol–water partition coefficient (Wildman–Crippen LogP) is 2.15. The molecule has 2 aromatic carbocycles. The average Bonchev–Trinajstić information content (AvgIpc) is 2.71. The van der Waals surface area contributed by atoms with Gasteiger partial charge >= 0.3 is 5.97 Å². The Hall–Kier alpha value is -3.06. The number of amides is 1. The Morgan fingerprint density at radius 3 is 1.93 bits per heavy atom. The van der Waals surface area contributed by atoms with Gasteiger partial charge in [0.15, 0.2) is 29.9 Å². The van der Waals surface area contributed by atoms with E-state index in [-0.39, 0.29) is 4.90 Å². The molecule has 0 aliphatic carbocycles. The van der Waals surface area contributed by atoms with Gasteiger partial charge in [-0.05, 0) is 19.1 Å². The molecule has 0 saturated carbocycles. The van der Waals surface area contributed by atoms with Gasteiger partial charge in [-0.15, -0.1) is 0 Å². The van der Waals surface area contributed by atoms with Crippen molar-refractivity contribution >= 4 is 27.6 Å². The third-order valence-electron chi connectivity index (χ3n) is 3.58. The maximum Gasteiger partial charge on any atom is 0.321 e. The van der Waals surface area contributed by atoms with Gasteiger partial charge in [0.05, 0.1) is 4.90 Å². The van der Waals surface area contributed by atoms with Crippen LogP contribution in [-0.4, -0.2) is 33.4 Å². The number of carbonyl (C=O) groups excluding carboxylic acids is 2. The van der Waals surface area contributed by atoms with Gasteiger partial charge in [-0.3, -0.25) is 9.59 Å². The van der Waals surface area contributed by atoms with E-state index in [1.165, 1.54) is 29.6 Å². The highest BCUT2D eigenvalue weighted by molar-refractivity contribution is 7.89. The van der Waals surface area contributed by atoms with Gasteiger partial charge in [-0.25, -0.2) is 30.4 Å². The minimum Gasteiger partial charge on any atom is -0.455 e. The second kappa shape index (κ2) is 9.17. The van der Waals surface area contributed by atoms with E-state index in [1.54, 1.807) is 6.92 Å². The molecule has 0 aromatic heterocycles. The number of halogens is 5. The number of ether oxygens (including phenoxy) is 1. The van der Waals surface area contributed by atoms with Crippen molar-refractivity contribution < 1.29 is 44.7 Å². The summed E-state index contributed by atoms with van der Waals surface area (Å²) in [4.78, 5) is 23.0. The van der Waals surface area contributed by atoms with E-state index < -0.39 is 69.8 Å². The third kappa shape index (κ3) is 5.30. The molecule has 0 radical (unpaired) electrons. The number of anilines is 1. The van der Waals surface area contributed by atoms with Gasteiger partial charge in [0, 0.05) is 0 Å². The number of nitrogens with one attached hydrogen (secondary N) is 2. The number of benzene rings is 2. The molecular weight excluding hydrogens is 439 g/mol. The van der Waals surface area contributed by atoms with Crippen molar-refractivity contribution in [3.63, 3.8) is 0 Å². The van der Waals surface area contributed by atoms with Crippen molar-refractivity contribution in [2.24, 2.45) is 0 Å². The normalized spacial score (nSPS) is 11.3. The molecule has 30 heavy (non-hydrogen) atoms. The van der Waals surface area contributed by atoms with E-state index in [4.69, 9.17) is 0 Å². The quantitative estimate of drug-likeness (QED) is 0.290. The highest BCUT2D eigenvalue weighted by Crippen LogP contribution is 2.27. The van der Waals surface area contributed by atoms with Gasteiger partial charge in [0.2, 0.25) is 15.8 Å². The van der Waals surface area contributed by atoms with Crippen LogP contribution in [-0.2, 0) is 24.3 Å². The van der Waals surface area contributed by atoms with Crippen LogP contribution in [0, 0.1) is 36.0 Å². The molecule has 2 rings (SSSR count). The molecule has 0 bridgehead atoms. The van der Waals surface area contributed by atoms with Crippen LogP contribution in [0.5, 0.6) is 0 Å². The molecule has 0 aliphatic rings. The Bertz CT molecular complexity index is 1060. The molecular formula is C17H13F5N2O5S. The Labute approximate surface area is 166 Å².